The number of rotatable bonds is 9. The Morgan fingerprint density at radius 2 is 1.93 bits per heavy atom. The Morgan fingerprint density at radius 1 is 1.27 bits per heavy atom. The summed E-state index contributed by atoms with van der Waals surface area (Å²) in [5.74, 6) is 0.697. The van der Waals surface area contributed by atoms with Gasteiger partial charge in [0.15, 0.2) is 0 Å². The van der Waals surface area contributed by atoms with Crippen LogP contribution in [0.5, 0.6) is 0 Å². The van der Waals surface area contributed by atoms with Crippen LogP contribution < -0.4 is 5.32 Å². The molecule has 0 unspecified atom stereocenters. The van der Waals surface area contributed by atoms with Crippen LogP contribution in [0.15, 0.2) is 12.3 Å². The van der Waals surface area contributed by atoms with E-state index in [-0.39, 0.29) is 0 Å². The minimum atomic E-state index is 0.697. The monoisotopic (exact) mass is 212 g/mol. The van der Waals surface area contributed by atoms with Crippen LogP contribution in [0.3, 0.4) is 0 Å². The molecule has 0 radical (unpaired) electrons. The lowest BCUT2D eigenvalue weighted by Gasteiger charge is -2.20. The Balaban J connectivity index is 3.54. The van der Waals surface area contributed by atoms with E-state index in [0.29, 0.717) is 5.92 Å². The van der Waals surface area contributed by atoms with Gasteiger partial charge in [0.05, 0.1) is 0 Å². The molecule has 2 nitrogen and oxygen atoms in total. The Bertz CT molecular complexity index is 164. The van der Waals surface area contributed by atoms with Gasteiger partial charge in [-0.1, -0.05) is 34.3 Å². The second-order valence-corrected chi connectivity index (χ2v) is 4.56. The summed E-state index contributed by atoms with van der Waals surface area (Å²) in [6, 6.07) is 0. The SMILES string of the molecule is C=C(CC(C)C)NCCN(CC)CCC. The van der Waals surface area contributed by atoms with E-state index in [4.69, 9.17) is 0 Å². The maximum Gasteiger partial charge on any atom is 0.0271 e. The third-order valence-electron chi connectivity index (χ3n) is 2.44. The first-order valence-electron chi connectivity index (χ1n) is 6.24. The van der Waals surface area contributed by atoms with Gasteiger partial charge in [-0.05, 0) is 31.8 Å². The minimum absolute atomic E-state index is 0.697. The van der Waals surface area contributed by atoms with Gasteiger partial charge >= 0.3 is 0 Å². The fraction of sp³-hybridized carbons (Fsp3) is 0.846. The van der Waals surface area contributed by atoms with Gasteiger partial charge in [0.25, 0.3) is 0 Å². The van der Waals surface area contributed by atoms with E-state index >= 15 is 0 Å². The fourth-order valence-corrected chi connectivity index (χ4v) is 1.70. The minimum Gasteiger partial charge on any atom is -0.388 e. The van der Waals surface area contributed by atoms with Crippen LogP contribution in [-0.4, -0.2) is 31.1 Å². The van der Waals surface area contributed by atoms with E-state index in [0.717, 1.165) is 26.1 Å². The molecule has 0 heterocycles. The molecule has 0 rings (SSSR count). The first-order chi connectivity index (χ1) is 7.10. The summed E-state index contributed by atoms with van der Waals surface area (Å²) in [7, 11) is 0. The predicted molar refractivity (Wildman–Crippen MR) is 69.0 cm³/mol. The van der Waals surface area contributed by atoms with Gasteiger partial charge in [0.1, 0.15) is 0 Å². The summed E-state index contributed by atoms with van der Waals surface area (Å²) in [6.45, 7) is 17.4. The number of hydrogen-bond donors (Lipinski definition) is 1. The third-order valence-corrected chi connectivity index (χ3v) is 2.44. The molecule has 0 atom stereocenters. The van der Waals surface area contributed by atoms with Gasteiger partial charge in [-0.3, -0.25) is 0 Å². The molecule has 15 heavy (non-hydrogen) atoms. The van der Waals surface area contributed by atoms with Crippen LogP contribution in [0.2, 0.25) is 0 Å². The topological polar surface area (TPSA) is 15.3 Å². The average Bonchev–Trinajstić information content (AvgIpc) is 2.15. The average molecular weight is 212 g/mol. The van der Waals surface area contributed by atoms with Crippen LogP contribution in [0, 0.1) is 5.92 Å². The zero-order valence-electron chi connectivity index (χ0n) is 11.0. The van der Waals surface area contributed by atoms with Gasteiger partial charge in [0.2, 0.25) is 0 Å². The second-order valence-electron chi connectivity index (χ2n) is 4.56. The Morgan fingerprint density at radius 3 is 2.40 bits per heavy atom. The van der Waals surface area contributed by atoms with Crippen molar-refractivity contribution >= 4 is 0 Å². The van der Waals surface area contributed by atoms with E-state index in [1.807, 2.05) is 0 Å². The van der Waals surface area contributed by atoms with Crippen LogP contribution in [0.25, 0.3) is 0 Å². The number of hydrogen-bond acceptors (Lipinski definition) is 2. The quantitative estimate of drug-likeness (QED) is 0.632. The van der Waals surface area contributed by atoms with Gasteiger partial charge in [0, 0.05) is 18.8 Å². The molecule has 1 N–H and O–H groups in total. The van der Waals surface area contributed by atoms with Crippen molar-refractivity contribution in [2.24, 2.45) is 5.92 Å². The molecule has 0 aliphatic heterocycles. The summed E-state index contributed by atoms with van der Waals surface area (Å²) in [5, 5.41) is 3.40. The number of nitrogens with one attached hydrogen (secondary N) is 1. The molecule has 0 bridgehead atoms. The van der Waals surface area contributed by atoms with Crippen molar-refractivity contribution in [2.75, 3.05) is 26.2 Å². The zero-order valence-corrected chi connectivity index (χ0v) is 11.0. The van der Waals surface area contributed by atoms with Gasteiger partial charge in [-0.15, -0.1) is 0 Å². The zero-order chi connectivity index (χ0) is 11.7. The molecule has 0 amide bonds. The molecule has 2 heteroatoms. The number of likely N-dealkylation sites (N-methyl/N-ethyl adjacent to an activating group) is 1. The Hall–Kier alpha value is -0.500. The van der Waals surface area contributed by atoms with Crippen LogP contribution in [0.1, 0.15) is 40.5 Å². The summed E-state index contributed by atoms with van der Waals surface area (Å²) in [5.41, 5.74) is 1.18. The normalized spacial score (nSPS) is 11.1. The molecule has 0 aromatic carbocycles. The largest absolute Gasteiger partial charge is 0.388 e. The summed E-state index contributed by atoms with van der Waals surface area (Å²) < 4.78 is 0. The van der Waals surface area contributed by atoms with Crippen LogP contribution >= 0.6 is 0 Å². The van der Waals surface area contributed by atoms with Crippen molar-refractivity contribution in [2.45, 2.75) is 40.5 Å². The molecule has 0 saturated carbocycles. The molecule has 0 spiro atoms. The van der Waals surface area contributed by atoms with Crippen molar-refractivity contribution < 1.29 is 0 Å². The summed E-state index contributed by atoms with van der Waals surface area (Å²) in [6.07, 6.45) is 2.32. The molecule has 0 aromatic heterocycles. The smallest absolute Gasteiger partial charge is 0.0271 e. The number of nitrogens with zero attached hydrogens (tertiary/aromatic N) is 1. The van der Waals surface area contributed by atoms with Crippen molar-refractivity contribution in [3.05, 3.63) is 12.3 Å². The molecular formula is C13H28N2. The van der Waals surface area contributed by atoms with Crippen LogP contribution in [-0.2, 0) is 0 Å². The predicted octanol–water partition coefficient (Wildman–Crippen LogP) is 2.87. The highest BCUT2D eigenvalue weighted by molar-refractivity contribution is 4.91. The van der Waals surface area contributed by atoms with Crippen molar-refractivity contribution in [3.8, 4) is 0 Å². The Labute approximate surface area is 95.7 Å². The van der Waals surface area contributed by atoms with Crippen molar-refractivity contribution in [1.82, 2.24) is 10.2 Å². The van der Waals surface area contributed by atoms with E-state index < -0.39 is 0 Å². The van der Waals surface area contributed by atoms with Gasteiger partial charge in [-0.25, -0.2) is 0 Å². The number of allylic oxidation sites excluding steroid dienone is 1. The molecule has 90 valence electrons. The second kappa shape index (κ2) is 8.78. The van der Waals surface area contributed by atoms with Crippen molar-refractivity contribution in [3.63, 3.8) is 0 Å². The molecule has 0 fully saturated rings. The van der Waals surface area contributed by atoms with E-state index in [1.165, 1.54) is 18.7 Å². The maximum absolute atomic E-state index is 4.03. The third kappa shape index (κ3) is 8.49. The first-order valence-corrected chi connectivity index (χ1v) is 6.24. The summed E-state index contributed by atoms with van der Waals surface area (Å²) >= 11 is 0. The maximum atomic E-state index is 4.03. The molecule has 0 aromatic rings. The molecule has 0 saturated heterocycles. The van der Waals surface area contributed by atoms with Gasteiger partial charge in [-0.2, -0.15) is 0 Å². The highest BCUT2D eigenvalue weighted by Gasteiger charge is 2.01. The summed E-state index contributed by atoms with van der Waals surface area (Å²) in [4.78, 5) is 2.47. The first kappa shape index (κ1) is 14.5. The Kier molecular flexibility index (Phi) is 8.49. The molecule has 0 aliphatic rings. The van der Waals surface area contributed by atoms with E-state index in [1.54, 1.807) is 0 Å². The highest BCUT2D eigenvalue weighted by Crippen LogP contribution is 2.05. The molecular weight excluding hydrogens is 184 g/mol. The van der Waals surface area contributed by atoms with Crippen LogP contribution in [0.4, 0.5) is 0 Å². The van der Waals surface area contributed by atoms with Crippen molar-refractivity contribution in [1.29, 1.82) is 0 Å². The highest BCUT2D eigenvalue weighted by atomic mass is 15.1. The van der Waals surface area contributed by atoms with E-state index in [2.05, 4.69) is 44.5 Å². The lowest BCUT2D eigenvalue weighted by Crippen LogP contribution is -2.32. The van der Waals surface area contributed by atoms with Gasteiger partial charge < -0.3 is 10.2 Å². The molecule has 0 aliphatic carbocycles. The lowest BCUT2D eigenvalue weighted by atomic mass is 10.1. The van der Waals surface area contributed by atoms with E-state index in [9.17, 15) is 0 Å². The standard InChI is InChI=1S/C13H28N2/c1-6-9-15(7-2)10-8-14-13(5)11-12(3)4/h12,14H,5-11H2,1-4H3. The fourth-order valence-electron chi connectivity index (χ4n) is 1.70. The lowest BCUT2D eigenvalue weighted by molar-refractivity contribution is 0.290.